The van der Waals surface area contributed by atoms with Gasteiger partial charge in [0.05, 0.1) is 5.69 Å². The zero-order valence-electron chi connectivity index (χ0n) is 8.79. The predicted octanol–water partition coefficient (Wildman–Crippen LogP) is 1.50. The standard InChI is InChI=1S/C10H17N3S/c1-3-9-7-14-10(12-9)13-5-4-11-8(2)6-13/h7-8,11H,3-6H2,1-2H3/t8-/m1/s1. The van der Waals surface area contributed by atoms with Crippen LogP contribution < -0.4 is 10.2 Å². The molecule has 4 heteroatoms. The van der Waals surface area contributed by atoms with Crippen molar-refractivity contribution in [1.82, 2.24) is 10.3 Å². The molecular formula is C10H17N3S. The maximum absolute atomic E-state index is 4.60. The van der Waals surface area contributed by atoms with E-state index in [1.165, 1.54) is 10.8 Å². The maximum atomic E-state index is 4.60. The summed E-state index contributed by atoms with van der Waals surface area (Å²) >= 11 is 1.77. The highest BCUT2D eigenvalue weighted by atomic mass is 32.1. The van der Waals surface area contributed by atoms with Crippen LogP contribution in [0.5, 0.6) is 0 Å². The Morgan fingerprint density at radius 1 is 1.71 bits per heavy atom. The summed E-state index contributed by atoms with van der Waals surface area (Å²) in [4.78, 5) is 6.98. The van der Waals surface area contributed by atoms with Crippen LogP contribution in [0, 0.1) is 0 Å². The van der Waals surface area contributed by atoms with Crippen molar-refractivity contribution in [2.45, 2.75) is 26.3 Å². The minimum absolute atomic E-state index is 0.581. The third-order valence-electron chi connectivity index (χ3n) is 2.54. The van der Waals surface area contributed by atoms with Gasteiger partial charge in [-0.2, -0.15) is 0 Å². The highest BCUT2D eigenvalue weighted by molar-refractivity contribution is 7.13. The number of thiazole rings is 1. The van der Waals surface area contributed by atoms with Crippen molar-refractivity contribution in [3.63, 3.8) is 0 Å². The summed E-state index contributed by atoms with van der Waals surface area (Å²) in [5.74, 6) is 0. The molecule has 1 aromatic heterocycles. The molecule has 1 aromatic rings. The lowest BCUT2D eigenvalue weighted by Gasteiger charge is -2.31. The van der Waals surface area contributed by atoms with Gasteiger partial charge in [0.25, 0.3) is 0 Å². The average Bonchev–Trinajstić information content (AvgIpc) is 2.66. The van der Waals surface area contributed by atoms with Gasteiger partial charge in [0.15, 0.2) is 5.13 Å². The Hall–Kier alpha value is -0.610. The van der Waals surface area contributed by atoms with Gasteiger partial charge in [-0.15, -0.1) is 11.3 Å². The molecule has 0 bridgehead atoms. The fourth-order valence-corrected chi connectivity index (χ4v) is 2.66. The quantitative estimate of drug-likeness (QED) is 0.803. The second-order valence-electron chi connectivity index (χ2n) is 3.78. The monoisotopic (exact) mass is 211 g/mol. The van der Waals surface area contributed by atoms with E-state index in [1.54, 1.807) is 11.3 Å². The molecule has 0 unspecified atom stereocenters. The molecule has 0 spiro atoms. The van der Waals surface area contributed by atoms with E-state index >= 15 is 0 Å². The van der Waals surface area contributed by atoms with Crippen molar-refractivity contribution in [3.05, 3.63) is 11.1 Å². The third-order valence-corrected chi connectivity index (χ3v) is 3.49. The molecule has 1 aliphatic rings. The zero-order valence-corrected chi connectivity index (χ0v) is 9.60. The summed E-state index contributed by atoms with van der Waals surface area (Å²) in [6.45, 7) is 7.61. The first kappa shape index (κ1) is 9.93. The fourth-order valence-electron chi connectivity index (χ4n) is 1.71. The number of hydrogen-bond donors (Lipinski definition) is 1. The average molecular weight is 211 g/mol. The number of piperazine rings is 1. The van der Waals surface area contributed by atoms with Crippen LogP contribution in [-0.2, 0) is 6.42 Å². The van der Waals surface area contributed by atoms with Gasteiger partial charge < -0.3 is 10.2 Å². The summed E-state index contributed by atoms with van der Waals surface area (Å²) in [5, 5.41) is 6.80. The lowest BCUT2D eigenvalue weighted by atomic mass is 10.2. The normalized spacial score (nSPS) is 22.7. The SMILES string of the molecule is CCc1csc(N2CCN[C@H](C)C2)n1. The van der Waals surface area contributed by atoms with E-state index in [-0.39, 0.29) is 0 Å². The van der Waals surface area contributed by atoms with E-state index in [4.69, 9.17) is 0 Å². The van der Waals surface area contributed by atoms with Crippen LogP contribution in [0.4, 0.5) is 5.13 Å². The molecule has 1 atom stereocenters. The van der Waals surface area contributed by atoms with Crippen molar-refractivity contribution < 1.29 is 0 Å². The first-order chi connectivity index (χ1) is 6.79. The van der Waals surface area contributed by atoms with Crippen LogP contribution >= 0.6 is 11.3 Å². The van der Waals surface area contributed by atoms with Crippen molar-refractivity contribution >= 4 is 16.5 Å². The van der Waals surface area contributed by atoms with Gasteiger partial charge in [-0.1, -0.05) is 6.92 Å². The lowest BCUT2D eigenvalue weighted by Crippen LogP contribution is -2.49. The van der Waals surface area contributed by atoms with Crippen LogP contribution in [0.1, 0.15) is 19.5 Å². The van der Waals surface area contributed by atoms with E-state index in [1.807, 2.05) is 0 Å². The van der Waals surface area contributed by atoms with E-state index < -0.39 is 0 Å². The minimum Gasteiger partial charge on any atom is -0.345 e. The molecule has 0 aliphatic carbocycles. The first-order valence-corrected chi connectivity index (χ1v) is 6.10. The third kappa shape index (κ3) is 2.07. The summed E-state index contributed by atoms with van der Waals surface area (Å²) in [6.07, 6.45) is 1.04. The molecule has 3 nitrogen and oxygen atoms in total. The largest absolute Gasteiger partial charge is 0.345 e. The smallest absolute Gasteiger partial charge is 0.185 e. The number of anilines is 1. The summed E-state index contributed by atoms with van der Waals surface area (Å²) in [5.41, 5.74) is 1.22. The Labute approximate surface area is 89.1 Å². The molecule has 1 aliphatic heterocycles. The first-order valence-electron chi connectivity index (χ1n) is 5.22. The van der Waals surface area contributed by atoms with Crippen molar-refractivity contribution in [2.75, 3.05) is 24.5 Å². The maximum Gasteiger partial charge on any atom is 0.185 e. The van der Waals surface area contributed by atoms with Crippen LogP contribution in [0.25, 0.3) is 0 Å². The van der Waals surface area contributed by atoms with E-state index in [0.29, 0.717) is 6.04 Å². The van der Waals surface area contributed by atoms with E-state index in [2.05, 4.69) is 34.4 Å². The van der Waals surface area contributed by atoms with Gasteiger partial charge in [0.2, 0.25) is 0 Å². The van der Waals surface area contributed by atoms with E-state index in [0.717, 1.165) is 26.1 Å². The highest BCUT2D eigenvalue weighted by Crippen LogP contribution is 2.21. The second-order valence-corrected chi connectivity index (χ2v) is 4.61. The van der Waals surface area contributed by atoms with Crippen molar-refractivity contribution in [1.29, 1.82) is 0 Å². The Morgan fingerprint density at radius 2 is 2.57 bits per heavy atom. The van der Waals surface area contributed by atoms with Gasteiger partial charge in [0, 0.05) is 31.1 Å². The number of nitrogens with zero attached hydrogens (tertiary/aromatic N) is 2. The number of nitrogens with one attached hydrogen (secondary N) is 1. The number of aryl methyl sites for hydroxylation is 1. The summed E-state index contributed by atoms with van der Waals surface area (Å²) in [7, 11) is 0. The zero-order chi connectivity index (χ0) is 9.97. The molecule has 78 valence electrons. The topological polar surface area (TPSA) is 28.2 Å². The minimum atomic E-state index is 0.581. The van der Waals surface area contributed by atoms with Gasteiger partial charge in [0.1, 0.15) is 0 Å². The Balaban J connectivity index is 2.06. The second kappa shape index (κ2) is 4.28. The predicted molar refractivity (Wildman–Crippen MR) is 61.2 cm³/mol. The Morgan fingerprint density at radius 3 is 3.21 bits per heavy atom. The molecular weight excluding hydrogens is 194 g/mol. The lowest BCUT2D eigenvalue weighted by molar-refractivity contribution is 0.484. The van der Waals surface area contributed by atoms with Gasteiger partial charge >= 0.3 is 0 Å². The van der Waals surface area contributed by atoms with Crippen LogP contribution in [0.2, 0.25) is 0 Å². The van der Waals surface area contributed by atoms with Gasteiger partial charge in [-0.3, -0.25) is 0 Å². The number of hydrogen-bond acceptors (Lipinski definition) is 4. The number of rotatable bonds is 2. The number of aromatic nitrogens is 1. The van der Waals surface area contributed by atoms with Crippen molar-refractivity contribution in [2.24, 2.45) is 0 Å². The van der Waals surface area contributed by atoms with E-state index in [9.17, 15) is 0 Å². The van der Waals surface area contributed by atoms with Crippen LogP contribution in [0.15, 0.2) is 5.38 Å². The molecule has 0 saturated carbocycles. The Kier molecular flexibility index (Phi) is 3.03. The molecule has 2 rings (SSSR count). The van der Waals surface area contributed by atoms with Crippen LogP contribution in [0.3, 0.4) is 0 Å². The molecule has 1 fully saturated rings. The summed E-state index contributed by atoms with van der Waals surface area (Å²) in [6, 6.07) is 0.581. The molecule has 0 amide bonds. The highest BCUT2D eigenvalue weighted by Gasteiger charge is 2.17. The molecule has 1 saturated heterocycles. The van der Waals surface area contributed by atoms with Crippen molar-refractivity contribution in [3.8, 4) is 0 Å². The van der Waals surface area contributed by atoms with Gasteiger partial charge in [-0.25, -0.2) is 4.98 Å². The summed E-state index contributed by atoms with van der Waals surface area (Å²) < 4.78 is 0. The fraction of sp³-hybridized carbons (Fsp3) is 0.700. The molecule has 14 heavy (non-hydrogen) atoms. The molecule has 0 radical (unpaired) electrons. The molecule has 1 N–H and O–H groups in total. The van der Waals surface area contributed by atoms with Gasteiger partial charge in [-0.05, 0) is 13.3 Å². The van der Waals surface area contributed by atoms with Crippen LogP contribution in [-0.4, -0.2) is 30.7 Å². The molecule has 0 aromatic carbocycles. The molecule has 2 heterocycles. The Bertz CT molecular complexity index is 297.